The number of carbonyl (C=O) groups excluding carboxylic acids is 2. The molecular weight excluding hydrogens is 348 g/mol. The lowest BCUT2D eigenvalue weighted by Crippen LogP contribution is -2.21. The van der Waals surface area contributed by atoms with Crippen LogP contribution >= 0.6 is 11.3 Å². The van der Waals surface area contributed by atoms with Gasteiger partial charge >= 0.3 is 5.97 Å². The van der Waals surface area contributed by atoms with Gasteiger partial charge < -0.3 is 10.1 Å². The number of para-hydroxylation sites is 1. The van der Waals surface area contributed by atoms with E-state index in [1.165, 1.54) is 16.9 Å². The van der Waals surface area contributed by atoms with Crippen LogP contribution in [0.15, 0.2) is 60.0 Å². The van der Waals surface area contributed by atoms with E-state index in [-0.39, 0.29) is 12.3 Å². The van der Waals surface area contributed by atoms with Crippen LogP contribution in [0.25, 0.3) is 10.6 Å². The summed E-state index contributed by atoms with van der Waals surface area (Å²) in [5.74, 6) is -1.00. The molecule has 5 nitrogen and oxygen atoms in total. The average molecular weight is 366 g/mol. The SMILES string of the molecule is CCc1ccc(-c2nc(C(=O)OCC(=O)Nc3ccccc3)cs2)cc1. The van der Waals surface area contributed by atoms with Gasteiger partial charge in [-0.05, 0) is 24.1 Å². The normalized spacial score (nSPS) is 10.3. The minimum absolute atomic E-state index is 0.206. The molecule has 0 saturated carbocycles. The predicted octanol–water partition coefficient (Wildman–Crippen LogP) is 4.17. The number of amides is 1. The number of ether oxygens (including phenoxy) is 1. The summed E-state index contributed by atoms with van der Waals surface area (Å²) in [6.07, 6.45) is 0.973. The third-order valence-electron chi connectivity index (χ3n) is 3.71. The molecular formula is C20H18N2O3S. The number of hydrogen-bond acceptors (Lipinski definition) is 5. The molecule has 0 saturated heterocycles. The van der Waals surface area contributed by atoms with Gasteiger partial charge in [-0.1, -0.05) is 49.4 Å². The number of rotatable bonds is 6. The number of thiazole rings is 1. The summed E-state index contributed by atoms with van der Waals surface area (Å²) < 4.78 is 5.04. The second kappa shape index (κ2) is 8.40. The van der Waals surface area contributed by atoms with Gasteiger partial charge in [-0.3, -0.25) is 4.79 Å². The summed E-state index contributed by atoms with van der Waals surface area (Å²) in [6.45, 7) is 1.74. The van der Waals surface area contributed by atoms with E-state index in [2.05, 4.69) is 17.2 Å². The molecule has 1 heterocycles. The van der Waals surface area contributed by atoms with Crippen molar-refractivity contribution in [2.75, 3.05) is 11.9 Å². The second-order valence-corrected chi connectivity index (χ2v) is 6.44. The Bertz CT molecular complexity index is 889. The highest BCUT2D eigenvalue weighted by Gasteiger charge is 2.15. The Morgan fingerprint density at radius 2 is 1.81 bits per heavy atom. The van der Waals surface area contributed by atoms with Crippen molar-refractivity contribution in [3.05, 3.63) is 71.2 Å². The second-order valence-electron chi connectivity index (χ2n) is 5.58. The van der Waals surface area contributed by atoms with Gasteiger partial charge in [0.2, 0.25) is 0 Å². The van der Waals surface area contributed by atoms with Crippen LogP contribution in [0.1, 0.15) is 23.0 Å². The fourth-order valence-electron chi connectivity index (χ4n) is 2.31. The third-order valence-corrected chi connectivity index (χ3v) is 4.61. The van der Waals surface area contributed by atoms with E-state index in [0.717, 1.165) is 17.0 Å². The van der Waals surface area contributed by atoms with Gasteiger partial charge in [0.25, 0.3) is 5.91 Å². The maximum atomic E-state index is 12.1. The zero-order valence-corrected chi connectivity index (χ0v) is 15.1. The molecule has 132 valence electrons. The van der Waals surface area contributed by atoms with Crippen LogP contribution in [-0.4, -0.2) is 23.5 Å². The first-order valence-corrected chi connectivity index (χ1v) is 9.10. The van der Waals surface area contributed by atoms with E-state index in [1.54, 1.807) is 17.5 Å². The van der Waals surface area contributed by atoms with Crippen molar-refractivity contribution in [1.29, 1.82) is 0 Å². The van der Waals surface area contributed by atoms with E-state index in [9.17, 15) is 9.59 Å². The number of nitrogens with one attached hydrogen (secondary N) is 1. The summed E-state index contributed by atoms with van der Waals surface area (Å²) in [7, 11) is 0. The molecule has 0 aliphatic carbocycles. The summed E-state index contributed by atoms with van der Waals surface area (Å²) in [6, 6.07) is 17.1. The van der Waals surface area contributed by atoms with Crippen LogP contribution in [0.2, 0.25) is 0 Å². The molecule has 0 atom stereocenters. The topological polar surface area (TPSA) is 68.3 Å². The third kappa shape index (κ3) is 4.55. The Labute approximate surface area is 155 Å². The highest BCUT2D eigenvalue weighted by atomic mass is 32.1. The first-order chi connectivity index (χ1) is 12.7. The lowest BCUT2D eigenvalue weighted by atomic mass is 10.1. The number of anilines is 1. The van der Waals surface area contributed by atoms with E-state index >= 15 is 0 Å². The molecule has 1 amide bonds. The summed E-state index contributed by atoms with van der Waals surface area (Å²) in [5.41, 5.74) is 3.06. The van der Waals surface area contributed by atoms with Crippen LogP contribution in [0.3, 0.4) is 0 Å². The number of aryl methyl sites for hydroxylation is 1. The van der Waals surface area contributed by atoms with Gasteiger partial charge in [0.15, 0.2) is 12.3 Å². The molecule has 0 radical (unpaired) electrons. The van der Waals surface area contributed by atoms with Crippen molar-refractivity contribution in [2.24, 2.45) is 0 Å². The highest BCUT2D eigenvalue weighted by Crippen LogP contribution is 2.24. The molecule has 1 aromatic heterocycles. The van der Waals surface area contributed by atoms with Crippen molar-refractivity contribution < 1.29 is 14.3 Å². The highest BCUT2D eigenvalue weighted by molar-refractivity contribution is 7.13. The van der Waals surface area contributed by atoms with Crippen LogP contribution in [0.4, 0.5) is 5.69 Å². The van der Waals surface area contributed by atoms with E-state index < -0.39 is 11.9 Å². The zero-order valence-electron chi connectivity index (χ0n) is 14.3. The molecule has 0 aliphatic rings. The van der Waals surface area contributed by atoms with E-state index in [4.69, 9.17) is 4.74 Å². The quantitative estimate of drug-likeness (QED) is 0.665. The minimum Gasteiger partial charge on any atom is -0.451 e. The lowest BCUT2D eigenvalue weighted by Gasteiger charge is -2.05. The van der Waals surface area contributed by atoms with Gasteiger partial charge in [-0.15, -0.1) is 11.3 Å². The molecule has 1 N–H and O–H groups in total. The predicted molar refractivity (Wildman–Crippen MR) is 102 cm³/mol. The maximum Gasteiger partial charge on any atom is 0.358 e. The van der Waals surface area contributed by atoms with Crippen molar-refractivity contribution in [1.82, 2.24) is 4.98 Å². The molecule has 2 aromatic carbocycles. The first-order valence-electron chi connectivity index (χ1n) is 8.22. The average Bonchev–Trinajstić information content (AvgIpc) is 3.17. The Hall–Kier alpha value is -2.99. The number of benzene rings is 2. The number of aromatic nitrogens is 1. The number of nitrogens with zero attached hydrogens (tertiary/aromatic N) is 1. The molecule has 6 heteroatoms. The van der Waals surface area contributed by atoms with Crippen molar-refractivity contribution >= 4 is 28.9 Å². The van der Waals surface area contributed by atoms with Crippen molar-refractivity contribution in [3.8, 4) is 10.6 Å². The van der Waals surface area contributed by atoms with Crippen LogP contribution in [0.5, 0.6) is 0 Å². The summed E-state index contributed by atoms with van der Waals surface area (Å²) in [5, 5.41) is 5.04. The monoisotopic (exact) mass is 366 g/mol. The van der Waals surface area contributed by atoms with Crippen LogP contribution in [0, 0.1) is 0 Å². The minimum atomic E-state index is -0.610. The molecule has 0 fully saturated rings. The Morgan fingerprint density at radius 3 is 2.50 bits per heavy atom. The molecule has 0 spiro atoms. The zero-order chi connectivity index (χ0) is 18.4. The fraction of sp³-hybridized carbons (Fsp3) is 0.150. The van der Waals surface area contributed by atoms with Gasteiger partial charge in [0.1, 0.15) is 5.01 Å². The van der Waals surface area contributed by atoms with Crippen LogP contribution in [-0.2, 0) is 16.0 Å². The molecule has 0 aliphatic heterocycles. The van der Waals surface area contributed by atoms with Crippen molar-refractivity contribution in [3.63, 3.8) is 0 Å². The summed E-state index contributed by atoms with van der Waals surface area (Å²) in [4.78, 5) is 28.2. The number of esters is 1. The molecule has 0 bridgehead atoms. The van der Waals surface area contributed by atoms with Gasteiger partial charge in [-0.2, -0.15) is 0 Å². The molecule has 26 heavy (non-hydrogen) atoms. The Morgan fingerprint density at radius 1 is 1.08 bits per heavy atom. The lowest BCUT2D eigenvalue weighted by molar-refractivity contribution is -0.119. The van der Waals surface area contributed by atoms with Crippen molar-refractivity contribution in [2.45, 2.75) is 13.3 Å². The molecule has 3 rings (SSSR count). The first kappa shape index (κ1) is 17.8. The Kier molecular flexibility index (Phi) is 5.76. The van der Waals surface area contributed by atoms with Gasteiger partial charge in [0.05, 0.1) is 0 Å². The number of hydrogen-bond donors (Lipinski definition) is 1. The fourth-order valence-corrected chi connectivity index (χ4v) is 3.10. The van der Waals surface area contributed by atoms with E-state index in [1.807, 2.05) is 42.5 Å². The molecule has 3 aromatic rings. The molecule has 0 unspecified atom stereocenters. The number of carbonyl (C=O) groups is 2. The largest absolute Gasteiger partial charge is 0.451 e. The smallest absolute Gasteiger partial charge is 0.358 e. The van der Waals surface area contributed by atoms with Gasteiger partial charge in [0, 0.05) is 16.6 Å². The van der Waals surface area contributed by atoms with E-state index in [0.29, 0.717) is 5.69 Å². The van der Waals surface area contributed by atoms with Crippen LogP contribution < -0.4 is 5.32 Å². The standard InChI is InChI=1S/C20H18N2O3S/c1-2-14-8-10-15(11-9-14)19-22-17(13-26-19)20(24)25-12-18(23)21-16-6-4-3-5-7-16/h3-11,13H,2,12H2,1H3,(H,21,23). The summed E-state index contributed by atoms with van der Waals surface area (Å²) >= 11 is 1.37. The maximum absolute atomic E-state index is 12.1. The van der Waals surface area contributed by atoms with Gasteiger partial charge in [-0.25, -0.2) is 9.78 Å². The Balaban J connectivity index is 1.56.